The summed E-state index contributed by atoms with van der Waals surface area (Å²) >= 11 is 0. The van der Waals surface area contributed by atoms with Crippen LogP contribution < -0.4 is 0 Å². The fourth-order valence-electron chi connectivity index (χ4n) is 4.32. The average Bonchev–Trinajstić information content (AvgIpc) is 2.61. The van der Waals surface area contributed by atoms with Crippen LogP contribution in [-0.4, -0.2) is 23.2 Å². The Hall–Kier alpha value is 0.0969. The van der Waals surface area contributed by atoms with Gasteiger partial charge in [0.2, 0.25) is 0 Å². The van der Waals surface area contributed by atoms with E-state index in [1.54, 1.807) is 0 Å². The maximum atomic E-state index is 9.64. The molecule has 3 nitrogen and oxygen atoms in total. The van der Waals surface area contributed by atoms with E-state index < -0.39 is 8.80 Å². The van der Waals surface area contributed by atoms with Gasteiger partial charge in [-0.1, -0.05) is 124 Å². The summed E-state index contributed by atoms with van der Waals surface area (Å²) in [7, 11) is -4.00. The number of unbranched alkanes of at least 4 members (excludes halogenated alkanes) is 13. The molecule has 0 fully saturated rings. The first kappa shape index (κ1) is 27.1. The van der Waals surface area contributed by atoms with Crippen LogP contribution in [0.3, 0.4) is 0 Å². The van der Waals surface area contributed by atoms with Gasteiger partial charge in [0.15, 0.2) is 0 Å². The second-order valence-corrected chi connectivity index (χ2v) is 11.0. The lowest BCUT2D eigenvalue weighted by atomic mass is 9.87. The monoisotopic (exact) mass is 402 g/mol. The lowest BCUT2D eigenvalue weighted by Crippen LogP contribution is -2.44. The van der Waals surface area contributed by atoms with Crippen LogP contribution in [0, 0.1) is 11.8 Å². The lowest BCUT2D eigenvalue weighted by Gasteiger charge is -2.31. The second-order valence-electron chi connectivity index (χ2n) is 8.92. The SMILES string of the molecule is CCCCCCCCCCCCCCCCC(C)C(C)C(CC)[Si](O)(O)O. The van der Waals surface area contributed by atoms with Crippen LogP contribution in [0.2, 0.25) is 5.54 Å². The third-order valence-corrected chi connectivity index (χ3v) is 8.41. The zero-order chi connectivity index (χ0) is 20.5. The predicted molar refractivity (Wildman–Crippen MR) is 120 cm³/mol. The largest absolute Gasteiger partial charge is 0.496 e. The Balaban J connectivity index is 3.51. The highest BCUT2D eigenvalue weighted by atomic mass is 28.4. The van der Waals surface area contributed by atoms with Crippen molar-refractivity contribution < 1.29 is 14.4 Å². The van der Waals surface area contributed by atoms with Crippen molar-refractivity contribution >= 4 is 8.80 Å². The minimum Gasteiger partial charge on any atom is -0.390 e. The molecule has 3 N–H and O–H groups in total. The van der Waals surface area contributed by atoms with E-state index >= 15 is 0 Å². The van der Waals surface area contributed by atoms with E-state index in [1.165, 1.54) is 89.9 Å². The van der Waals surface area contributed by atoms with Gasteiger partial charge in [-0.15, -0.1) is 0 Å². The van der Waals surface area contributed by atoms with Crippen molar-refractivity contribution in [2.45, 2.75) is 136 Å². The molecule has 27 heavy (non-hydrogen) atoms. The summed E-state index contributed by atoms with van der Waals surface area (Å²) in [4.78, 5) is 28.9. The Labute approximate surface area is 171 Å². The summed E-state index contributed by atoms with van der Waals surface area (Å²) in [6, 6.07) is 0. The highest BCUT2D eigenvalue weighted by molar-refractivity contribution is 6.58. The Morgan fingerprint density at radius 1 is 0.593 bits per heavy atom. The van der Waals surface area contributed by atoms with Crippen molar-refractivity contribution in [1.82, 2.24) is 0 Å². The highest BCUT2D eigenvalue weighted by Crippen LogP contribution is 2.35. The van der Waals surface area contributed by atoms with Crippen LogP contribution in [0.4, 0.5) is 0 Å². The molecule has 0 amide bonds. The summed E-state index contributed by atoms with van der Waals surface area (Å²) in [6.45, 7) is 8.46. The van der Waals surface area contributed by atoms with Crippen LogP contribution in [0.15, 0.2) is 0 Å². The molecule has 0 bridgehead atoms. The first-order chi connectivity index (χ1) is 12.8. The maximum absolute atomic E-state index is 9.64. The van der Waals surface area contributed by atoms with Gasteiger partial charge < -0.3 is 14.4 Å². The standard InChI is InChI=1S/C23H50O3Si/c1-5-7-8-9-10-11-12-13-14-15-16-17-18-19-20-21(3)22(4)23(6-2)27(24,25)26/h21-26H,5-20H2,1-4H3. The van der Waals surface area contributed by atoms with Gasteiger partial charge in [0.05, 0.1) is 0 Å². The summed E-state index contributed by atoms with van der Waals surface area (Å²) in [5.74, 6) is 0.606. The molecule has 0 rings (SSSR count). The highest BCUT2D eigenvalue weighted by Gasteiger charge is 2.42. The van der Waals surface area contributed by atoms with Gasteiger partial charge in [-0.3, -0.25) is 0 Å². The molecule has 4 heteroatoms. The van der Waals surface area contributed by atoms with Crippen LogP contribution >= 0.6 is 0 Å². The lowest BCUT2D eigenvalue weighted by molar-refractivity contribution is 0.175. The quantitative estimate of drug-likeness (QED) is 0.164. The zero-order valence-corrected chi connectivity index (χ0v) is 19.9. The first-order valence-electron chi connectivity index (χ1n) is 12.0. The molecular weight excluding hydrogens is 352 g/mol. The molecule has 0 saturated carbocycles. The third-order valence-electron chi connectivity index (χ3n) is 6.48. The third kappa shape index (κ3) is 14.7. The van der Waals surface area contributed by atoms with Gasteiger partial charge in [-0.25, -0.2) is 0 Å². The average molecular weight is 403 g/mol. The Bertz CT molecular complexity index is 317. The van der Waals surface area contributed by atoms with Gasteiger partial charge in [0.25, 0.3) is 0 Å². The molecule has 3 unspecified atom stereocenters. The summed E-state index contributed by atoms with van der Waals surface area (Å²) < 4.78 is 0. The van der Waals surface area contributed by atoms with Crippen LogP contribution in [-0.2, 0) is 0 Å². The topological polar surface area (TPSA) is 60.7 Å². The molecule has 3 atom stereocenters. The molecule has 0 aromatic heterocycles. The van der Waals surface area contributed by atoms with Crippen LogP contribution in [0.1, 0.15) is 130 Å². The molecule has 0 aliphatic heterocycles. The van der Waals surface area contributed by atoms with Gasteiger partial charge in [-0.2, -0.15) is 0 Å². The van der Waals surface area contributed by atoms with Gasteiger partial charge in [0, 0.05) is 5.54 Å². The van der Waals surface area contributed by atoms with Crippen molar-refractivity contribution in [2.75, 3.05) is 0 Å². The van der Waals surface area contributed by atoms with E-state index in [-0.39, 0.29) is 11.5 Å². The molecule has 0 saturated heterocycles. The molecule has 0 aromatic carbocycles. The molecule has 0 radical (unpaired) electrons. The van der Waals surface area contributed by atoms with E-state index in [9.17, 15) is 14.4 Å². The van der Waals surface area contributed by atoms with Crippen molar-refractivity contribution in [1.29, 1.82) is 0 Å². The zero-order valence-electron chi connectivity index (χ0n) is 18.9. The normalized spacial score (nSPS) is 15.7. The van der Waals surface area contributed by atoms with Crippen LogP contribution in [0.25, 0.3) is 0 Å². The fourth-order valence-corrected chi connectivity index (χ4v) is 5.90. The number of hydrogen-bond acceptors (Lipinski definition) is 3. The Kier molecular flexibility index (Phi) is 17.1. The Morgan fingerprint density at radius 2 is 0.963 bits per heavy atom. The first-order valence-corrected chi connectivity index (χ1v) is 13.9. The summed E-state index contributed by atoms with van der Waals surface area (Å²) in [5, 5.41) is 0. The molecule has 164 valence electrons. The number of hydrogen-bond donors (Lipinski definition) is 3. The molecule has 0 heterocycles. The smallest absolute Gasteiger partial charge is 0.390 e. The van der Waals surface area contributed by atoms with E-state index in [1.807, 2.05) is 6.92 Å². The van der Waals surface area contributed by atoms with Gasteiger partial charge in [-0.05, 0) is 18.3 Å². The van der Waals surface area contributed by atoms with E-state index in [2.05, 4.69) is 20.8 Å². The maximum Gasteiger partial charge on any atom is 0.496 e. The summed E-state index contributed by atoms with van der Waals surface area (Å²) in [5.41, 5.74) is -0.334. The molecule has 0 aliphatic rings. The van der Waals surface area contributed by atoms with E-state index in [0.717, 1.165) is 6.42 Å². The summed E-state index contributed by atoms with van der Waals surface area (Å²) in [6.07, 6.45) is 21.0. The van der Waals surface area contributed by atoms with Gasteiger partial charge >= 0.3 is 8.80 Å². The minimum absolute atomic E-state index is 0.170. The Morgan fingerprint density at radius 3 is 1.30 bits per heavy atom. The predicted octanol–water partition coefficient (Wildman–Crippen LogP) is 6.83. The van der Waals surface area contributed by atoms with Gasteiger partial charge in [0.1, 0.15) is 0 Å². The number of rotatable bonds is 19. The van der Waals surface area contributed by atoms with Crippen molar-refractivity contribution in [3.8, 4) is 0 Å². The van der Waals surface area contributed by atoms with E-state index in [0.29, 0.717) is 12.3 Å². The molecule has 0 spiro atoms. The van der Waals surface area contributed by atoms with Crippen LogP contribution in [0.5, 0.6) is 0 Å². The molecule has 0 aromatic rings. The van der Waals surface area contributed by atoms with E-state index in [4.69, 9.17) is 0 Å². The molecule has 0 aliphatic carbocycles. The second kappa shape index (κ2) is 17.0. The fraction of sp³-hybridized carbons (Fsp3) is 1.00. The van der Waals surface area contributed by atoms with Crippen molar-refractivity contribution in [2.24, 2.45) is 11.8 Å². The minimum atomic E-state index is -4.00. The van der Waals surface area contributed by atoms with Crippen molar-refractivity contribution in [3.05, 3.63) is 0 Å². The van der Waals surface area contributed by atoms with Crippen molar-refractivity contribution in [3.63, 3.8) is 0 Å². The molecular formula is C23H50O3Si.